The van der Waals surface area contributed by atoms with Crippen LogP contribution in [0.25, 0.3) is 0 Å². The third-order valence-corrected chi connectivity index (χ3v) is 4.68. The van der Waals surface area contributed by atoms with Crippen LogP contribution in [-0.2, 0) is 14.3 Å². The van der Waals surface area contributed by atoms with Crippen molar-refractivity contribution in [2.45, 2.75) is 6.92 Å². The van der Waals surface area contributed by atoms with E-state index in [1.807, 2.05) is 37.3 Å². The van der Waals surface area contributed by atoms with E-state index in [0.29, 0.717) is 29.4 Å². The minimum Gasteiger partial charge on any atom is -0.494 e. The minimum absolute atomic E-state index is 0.240. The molecule has 0 atom stereocenters. The van der Waals surface area contributed by atoms with Crippen molar-refractivity contribution in [2.75, 3.05) is 32.9 Å². The first kappa shape index (κ1) is 26.1. The maximum absolute atomic E-state index is 12.2. The van der Waals surface area contributed by atoms with Gasteiger partial charge in [-0.05, 0) is 67.6 Å². The molecule has 0 heterocycles. The van der Waals surface area contributed by atoms with Crippen molar-refractivity contribution in [3.8, 4) is 23.0 Å². The highest BCUT2D eigenvalue weighted by Gasteiger charge is 2.11. The van der Waals surface area contributed by atoms with Gasteiger partial charge in [-0.2, -0.15) is 0 Å². The Bertz CT molecular complexity index is 1120. The Morgan fingerprint density at radius 1 is 0.722 bits per heavy atom. The molecular weight excluding hydrogens is 464 g/mol. The molecule has 0 aliphatic rings. The van der Waals surface area contributed by atoms with Crippen LogP contribution in [0.3, 0.4) is 0 Å². The van der Waals surface area contributed by atoms with Crippen molar-refractivity contribution in [3.63, 3.8) is 0 Å². The topological polar surface area (TPSA) is 112 Å². The van der Waals surface area contributed by atoms with Crippen molar-refractivity contribution in [1.29, 1.82) is 0 Å². The van der Waals surface area contributed by atoms with Crippen LogP contribution in [0, 0.1) is 0 Å². The van der Waals surface area contributed by atoms with Gasteiger partial charge < -0.3 is 29.6 Å². The van der Waals surface area contributed by atoms with Crippen LogP contribution >= 0.6 is 0 Å². The highest BCUT2D eigenvalue weighted by Crippen LogP contribution is 2.21. The zero-order valence-electron chi connectivity index (χ0n) is 19.9. The van der Waals surface area contributed by atoms with Crippen molar-refractivity contribution < 1.29 is 33.3 Å². The Morgan fingerprint density at radius 3 is 2.00 bits per heavy atom. The molecule has 0 saturated carbocycles. The lowest BCUT2D eigenvalue weighted by Crippen LogP contribution is -2.35. The van der Waals surface area contributed by atoms with Gasteiger partial charge in [-0.15, -0.1) is 0 Å². The Kier molecular flexibility index (Phi) is 10.1. The fourth-order valence-electron chi connectivity index (χ4n) is 2.96. The molecule has 3 aromatic carbocycles. The van der Waals surface area contributed by atoms with Crippen LogP contribution in [0.1, 0.15) is 17.3 Å². The number of hydrogen-bond donors (Lipinski definition) is 2. The summed E-state index contributed by atoms with van der Waals surface area (Å²) in [6.07, 6.45) is 0. The van der Waals surface area contributed by atoms with E-state index >= 15 is 0 Å². The first-order valence-corrected chi connectivity index (χ1v) is 11.4. The fraction of sp³-hybridized carbons (Fsp3) is 0.222. The summed E-state index contributed by atoms with van der Waals surface area (Å²) in [6, 6.07) is 22.9. The second kappa shape index (κ2) is 14.0. The van der Waals surface area contributed by atoms with E-state index in [1.165, 1.54) is 0 Å². The molecule has 9 nitrogen and oxygen atoms in total. The number of ether oxygens (including phenoxy) is 4. The molecule has 2 N–H and O–H groups in total. The molecule has 0 fully saturated rings. The van der Waals surface area contributed by atoms with Gasteiger partial charge in [-0.3, -0.25) is 14.4 Å². The Hall–Kier alpha value is -4.53. The molecular formula is C27H28N2O7. The van der Waals surface area contributed by atoms with Gasteiger partial charge >= 0.3 is 5.97 Å². The van der Waals surface area contributed by atoms with Crippen LogP contribution in [0.15, 0.2) is 78.9 Å². The van der Waals surface area contributed by atoms with Crippen molar-refractivity contribution >= 4 is 17.8 Å². The van der Waals surface area contributed by atoms with Gasteiger partial charge in [0.15, 0.2) is 6.61 Å². The maximum Gasteiger partial charge on any atom is 0.325 e. The number of rotatable bonds is 13. The largest absolute Gasteiger partial charge is 0.494 e. The van der Waals surface area contributed by atoms with E-state index in [-0.39, 0.29) is 19.7 Å². The predicted molar refractivity (Wildman–Crippen MR) is 132 cm³/mol. The van der Waals surface area contributed by atoms with E-state index in [9.17, 15) is 14.4 Å². The van der Waals surface area contributed by atoms with Crippen molar-refractivity contribution in [2.24, 2.45) is 0 Å². The molecule has 0 saturated heterocycles. The number of para-hydroxylation sites is 1. The number of amides is 2. The van der Waals surface area contributed by atoms with Crippen LogP contribution in [0.5, 0.6) is 23.0 Å². The summed E-state index contributed by atoms with van der Waals surface area (Å²) in [4.78, 5) is 35.9. The first-order valence-electron chi connectivity index (χ1n) is 11.4. The zero-order chi connectivity index (χ0) is 25.6. The van der Waals surface area contributed by atoms with E-state index in [0.717, 1.165) is 5.75 Å². The molecule has 0 aliphatic heterocycles. The Labute approximate surface area is 209 Å². The van der Waals surface area contributed by atoms with E-state index in [1.54, 1.807) is 48.5 Å². The average Bonchev–Trinajstić information content (AvgIpc) is 2.90. The van der Waals surface area contributed by atoms with E-state index in [2.05, 4.69) is 10.6 Å². The summed E-state index contributed by atoms with van der Waals surface area (Å²) in [5, 5.41) is 5.05. The number of esters is 1. The minimum atomic E-state index is -0.729. The Balaban J connectivity index is 1.28. The molecule has 3 aromatic rings. The summed E-state index contributed by atoms with van der Waals surface area (Å²) in [5.41, 5.74) is 0.355. The van der Waals surface area contributed by atoms with Crippen LogP contribution < -0.4 is 24.8 Å². The molecule has 0 spiro atoms. The number of benzene rings is 3. The summed E-state index contributed by atoms with van der Waals surface area (Å²) >= 11 is 0. The average molecular weight is 493 g/mol. The van der Waals surface area contributed by atoms with E-state index < -0.39 is 24.4 Å². The molecule has 0 aromatic heterocycles. The van der Waals surface area contributed by atoms with Crippen LogP contribution in [-0.4, -0.2) is 50.7 Å². The second-order valence-electron chi connectivity index (χ2n) is 7.39. The van der Waals surface area contributed by atoms with Gasteiger partial charge in [0.25, 0.3) is 11.8 Å². The van der Waals surface area contributed by atoms with Gasteiger partial charge in [-0.25, -0.2) is 0 Å². The molecule has 0 unspecified atom stereocenters. The third kappa shape index (κ3) is 9.02. The monoisotopic (exact) mass is 492 g/mol. The number of carbonyl (C=O) groups excluding carboxylic acids is 3. The highest BCUT2D eigenvalue weighted by atomic mass is 16.5. The summed E-state index contributed by atoms with van der Waals surface area (Å²) in [5.74, 6) is 1.01. The molecule has 9 heteroatoms. The number of hydrogen-bond acceptors (Lipinski definition) is 7. The zero-order valence-corrected chi connectivity index (χ0v) is 19.9. The molecule has 36 heavy (non-hydrogen) atoms. The molecule has 0 radical (unpaired) electrons. The molecule has 0 aliphatic carbocycles. The van der Waals surface area contributed by atoms with Gasteiger partial charge in [0.2, 0.25) is 0 Å². The second-order valence-corrected chi connectivity index (χ2v) is 7.39. The quantitative estimate of drug-likeness (QED) is 0.278. The van der Waals surface area contributed by atoms with E-state index in [4.69, 9.17) is 18.9 Å². The standard InChI is InChI=1S/C27H28N2O7/c1-2-33-21-12-14-22(15-13-21)34-17-16-28-25(30)19-35-26(31)18-29-27(32)20-8-10-24(11-9-20)36-23-6-4-3-5-7-23/h3-15H,2,16-19H2,1H3,(H,28,30)(H,29,32). The lowest BCUT2D eigenvalue weighted by molar-refractivity contribution is -0.147. The lowest BCUT2D eigenvalue weighted by atomic mass is 10.2. The first-order chi connectivity index (χ1) is 17.5. The number of nitrogens with one attached hydrogen (secondary N) is 2. The van der Waals surface area contributed by atoms with Crippen LogP contribution in [0.2, 0.25) is 0 Å². The van der Waals surface area contributed by atoms with Gasteiger partial charge in [-0.1, -0.05) is 18.2 Å². The summed E-state index contributed by atoms with van der Waals surface area (Å²) in [7, 11) is 0. The van der Waals surface area contributed by atoms with Gasteiger partial charge in [0, 0.05) is 5.56 Å². The smallest absolute Gasteiger partial charge is 0.325 e. The predicted octanol–water partition coefficient (Wildman–Crippen LogP) is 3.35. The summed E-state index contributed by atoms with van der Waals surface area (Å²) in [6.45, 7) is 2.16. The van der Waals surface area contributed by atoms with Gasteiger partial charge in [0.05, 0.1) is 13.2 Å². The van der Waals surface area contributed by atoms with Gasteiger partial charge in [0.1, 0.15) is 36.1 Å². The normalized spacial score (nSPS) is 10.1. The lowest BCUT2D eigenvalue weighted by Gasteiger charge is -2.10. The van der Waals surface area contributed by atoms with Crippen molar-refractivity contribution in [1.82, 2.24) is 10.6 Å². The molecule has 2 amide bonds. The third-order valence-electron chi connectivity index (χ3n) is 4.68. The Morgan fingerprint density at radius 2 is 1.33 bits per heavy atom. The maximum atomic E-state index is 12.2. The molecule has 0 bridgehead atoms. The molecule has 3 rings (SSSR count). The highest BCUT2D eigenvalue weighted by molar-refractivity contribution is 5.96. The SMILES string of the molecule is CCOc1ccc(OCCNC(=O)COC(=O)CNC(=O)c2ccc(Oc3ccccc3)cc2)cc1. The summed E-state index contributed by atoms with van der Waals surface area (Å²) < 4.78 is 21.4. The van der Waals surface area contributed by atoms with Crippen molar-refractivity contribution in [3.05, 3.63) is 84.4 Å². The molecule has 188 valence electrons. The number of carbonyl (C=O) groups is 3. The fourth-order valence-corrected chi connectivity index (χ4v) is 2.96. The van der Waals surface area contributed by atoms with Crippen LogP contribution in [0.4, 0.5) is 0 Å².